The van der Waals surface area contributed by atoms with Crippen LogP contribution < -0.4 is 5.43 Å². The summed E-state index contributed by atoms with van der Waals surface area (Å²) in [5.74, 6) is 0.0365. The fourth-order valence-electron chi connectivity index (χ4n) is 1.67. The maximum atomic E-state index is 11.7. The zero-order chi connectivity index (χ0) is 14.4. The van der Waals surface area contributed by atoms with Crippen molar-refractivity contribution in [3.8, 4) is 5.75 Å². The van der Waals surface area contributed by atoms with Crippen LogP contribution in [0.15, 0.2) is 53.6 Å². The zero-order valence-corrected chi connectivity index (χ0v) is 11.2. The molecule has 0 spiro atoms. The molecule has 0 saturated heterocycles. The first-order chi connectivity index (χ1) is 9.63. The molecule has 2 aromatic rings. The third-order valence-corrected chi connectivity index (χ3v) is 2.78. The summed E-state index contributed by atoms with van der Waals surface area (Å²) in [5, 5.41) is 13.0. The van der Waals surface area contributed by atoms with E-state index in [-0.39, 0.29) is 11.7 Å². The SMILES string of the molecule is Cc1ccc(CC(=O)N/N=C\c2ccc(O)cc2)cc1. The van der Waals surface area contributed by atoms with E-state index in [9.17, 15) is 4.79 Å². The molecule has 1 amide bonds. The van der Waals surface area contributed by atoms with E-state index < -0.39 is 0 Å². The Morgan fingerprint density at radius 3 is 2.45 bits per heavy atom. The van der Waals surface area contributed by atoms with Gasteiger partial charge in [-0.25, -0.2) is 5.43 Å². The molecule has 0 atom stereocenters. The van der Waals surface area contributed by atoms with E-state index in [2.05, 4.69) is 10.5 Å². The summed E-state index contributed by atoms with van der Waals surface area (Å²) in [5.41, 5.74) is 5.40. The molecule has 20 heavy (non-hydrogen) atoms. The van der Waals surface area contributed by atoms with Gasteiger partial charge in [0.2, 0.25) is 5.91 Å². The lowest BCUT2D eigenvalue weighted by atomic mass is 10.1. The first-order valence-corrected chi connectivity index (χ1v) is 6.30. The van der Waals surface area contributed by atoms with Crippen LogP contribution >= 0.6 is 0 Å². The Hall–Kier alpha value is -2.62. The predicted molar refractivity (Wildman–Crippen MR) is 78.7 cm³/mol. The number of hydrazone groups is 1. The number of amides is 1. The van der Waals surface area contributed by atoms with Gasteiger partial charge in [0.1, 0.15) is 5.75 Å². The van der Waals surface area contributed by atoms with Crippen LogP contribution in [0.25, 0.3) is 0 Å². The van der Waals surface area contributed by atoms with E-state index >= 15 is 0 Å². The van der Waals surface area contributed by atoms with Gasteiger partial charge in [-0.3, -0.25) is 4.79 Å². The third kappa shape index (κ3) is 4.24. The van der Waals surface area contributed by atoms with Crippen LogP contribution in [0.1, 0.15) is 16.7 Å². The highest BCUT2D eigenvalue weighted by atomic mass is 16.3. The number of aromatic hydroxyl groups is 1. The highest BCUT2D eigenvalue weighted by Gasteiger charge is 2.01. The molecule has 4 heteroatoms. The minimum absolute atomic E-state index is 0.163. The molecule has 0 aromatic heterocycles. The average Bonchev–Trinajstić information content (AvgIpc) is 2.44. The van der Waals surface area contributed by atoms with E-state index in [0.717, 1.165) is 11.1 Å². The molecular formula is C16H16N2O2. The first-order valence-electron chi connectivity index (χ1n) is 6.30. The van der Waals surface area contributed by atoms with Gasteiger partial charge in [-0.1, -0.05) is 29.8 Å². The molecule has 0 aliphatic rings. The fourth-order valence-corrected chi connectivity index (χ4v) is 1.67. The Morgan fingerprint density at radius 2 is 1.80 bits per heavy atom. The molecule has 0 aliphatic heterocycles. The second-order valence-electron chi connectivity index (χ2n) is 4.55. The van der Waals surface area contributed by atoms with Crippen LogP contribution in [0, 0.1) is 6.92 Å². The van der Waals surface area contributed by atoms with Crippen molar-refractivity contribution < 1.29 is 9.90 Å². The second kappa shape index (κ2) is 6.52. The number of hydrogen-bond donors (Lipinski definition) is 2. The Morgan fingerprint density at radius 1 is 1.15 bits per heavy atom. The van der Waals surface area contributed by atoms with Gasteiger partial charge in [0.05, 0.1) is 12.6 Å². The molecule has 102 valence electrons. The highest BCUT2D eigenvalue weighted by Crippen LogP contribution is 2.07. The summed E-state index contributed by atoms with van der Waals surface area (Å²) in [6.45, 7) is 2.01. The third-order valence-electron chi connectivity index (χ3n) is 2.78. The number of rotatable bonds is 4. The van der Waals surface area contributed by atoms with E-state index in [4.69, 9.17) is 5.11 Å². The molecule has 2 rings (SSSR count). The summed E-state index contributed by atoms with van der Waals surface area (Å²) in [7, 11) is 0. The number of phenols is 1. The molecule has 0 saturated carbocycles. The van der Waals surface area contributed by atoms with Crippen LogP contribution in [0.4, 0.5) is 0 Å². The van der Waals surface area contributed by atoms with Gasteiger partial charge in [-0.15, -0.1) is 0 Å². The minimum atomic E-state index is -0.163. The normalized spacial score (nSPS) is 10.7. The summed E-state index contributed by atoms with van der Waals surface area (Å²) < 4.78 is 0. The van der Waals surface area contributed by atoms with Crippen molar-refractivity contribution in [3.05, 3.63) is 65.2 Å². The van der Waals surface area contributed by atoms with Gasteiger partial charge in [0, 0.05) is 0 Å². The smallest absolute Gasteiger partial charge is 0.244 e. The van der Waals surface area contributed by atoms with Gasteiger partial charge in [-0.05, 0) is 42.3 Å². The number of phenolic OH excluding ortho intramolecular Hbond substituents is 1. The zero-order valence-electron chi connectivity index (χ0n) is 11.2. The standard InChI is InChI=1S/C16H16N2O2/c1-12-2-4-13(5-3-12)10-16(20)18-17-11-14-6-8-15(19)9-7-14/h2-9,11,19H,10H2,1H3,(H,18,20)/b17-11-. The van der Waals surface area contributed by atoms with Crippen LogP contribution in [0.2, 0.25) is 0 Å². The molecular weight excluding hydrogens is 252 g/mol. The summed E-state index contributed by atoms with van der Waals surface area (Å²) in [4.78, 5) is 11.7. The molecule has 0 bridgehead atoms. The Kier molecular flexibility index (Phi) is 4.50. The average molecular weight is 268 g/mol. The summed E-state index contributed by atoms with van der Waals surface area (Å²) in [6.07, 6.45) is 1.83. The topological polar surface area (TPSA) is 61.7 Å². The van der Waals surface area contributed by atoms with Crippen molar-refractivity contribution in [1.82, 2.24) is 5.43 Å². The summed E-state index contributed by atoms with van der Waals surface area (Å²) in [6, 6.07) is 14.4. The van der Waals surface area contributed by atoms with Crippen molar-refractivity contribution in [2.24, 2.45) is 5.10 Å². The molecule has 0 heterocycles. The largest absolute Gasteiger partial charge is 0.508 e. The van der Waals surface area contributed by atoms with Crippen molar-refractivity contribution in [2.75, 3.05) is 0 Å². The van der Waals surface area contributed by atoms with E-state index in [1.165, 1.54) is 11.8 Å². The van der Waals surface area contributed by atoms with Crippen molar-refractivity contribution in [1.29, 1.82) is 0 Å². The fraction of sp³-hybridized carbons (Fsp3) is 0.125. The van der Waals surface area contributed by atoms with E-state index in [1.54, 1.807) is 24.3 Å². The lowest BCUT2D eigenvalue weighted by Crippen LogP contribution is -2.19. The van der Waals surface area contributed by atoms with E-state index in [0.29, 0.717) is 6.42 Å². The van der Waals surface area contributed by atoms with Crippen molar-refractivity contribution >= 4 is 12.1 Å². The molecule has 0 aliphatic carbocycles. The van der Waals surface area contributed by atoms with Crippen LogP contribution in [0.3, 0.4) is 0 Å². The van der Waals surface area contributed by atoms with Crippen molar-refractivity contribution in [2.45, 2.75) is 13.3 Å². The number of carbonyl (C=O) groups is 1. The van der Waals surface area contributed by atoms with Gasteiger partial charge < -0.3 is 5.11 Å². The van der Waals surface area contributed by atoms with Crippen molar-refractivity contribution in [3.63, 3.8) is 0 Å². The Bertz CT molecular complexity index is 601. The number of aryl methyl sites for hydroxylation is 1. The van der Waals surface area contributed by atoms with Gasteiger partial charge in [0.25, 0.3) is 0 Å². The molecule has 0 fully saturated rings. The Labute approximate surface area is 117 Å². The maximum Gasteiger partial charge on any atom is 0.244 e. The molecule has 4 nitrogen and oxygen atoms in total. The highest BCUT2D eigenvalue weighted by molar-refractivity contribution is 5.83. The second-order valence-corrected chi connectivity index (χ2v) is 4.55. The maximum absolute atomic E-state index is 11.7. The van der Waals surface area contributed by atoms with Crippen LogP contribution in [-0.2, 0) is 11.2 Å². The minimum Gasteiger partial charge on any atom is -0.508 e. The van der Waals surface area contributed by atoms with Gasteiger partial charge in [0.15, 0.2) is 0 Å². The number of nitrogens with one attached hydrogen (secondary N) is 1. The molecule has 2 N–H and O–H groups in total. The molecule has 0 radical (unpaired) electrons. The van der Waals surface area contributed by atoms with Gasteiger partial charge >= 0.3 is 0 Å². The Balaban J connectivity index is 1.85. The first kappa shape index (κ1) is 13.8. The molecule has 2 aromatic carbocycles. The number of carbonyl (C=O) groups excluding carboxylic acids is 1. The quantitative estimate of drug-likeness (QED) is 0.660. The van der Waals surface area contributed by atoms with Crippen LogP contribution in [-0.4, -0.2) is 17.2 Å². The lowest BCUT2D eigenvalue weighted by molar-refractivity contribution is -0.120. The molecule has 0 unspecified atom stereocenters. The number of nitrogens with zero attached hydrogens (tertiary/aromatic N) is 1. The van der Waals surface area contributed by atoms with Crippen LogP contribution in [0.5, 0.6) is 5.75 Å². The monoisotopic (exact) mass is 268 g/mol. The predicted octanol–water partition coefficient (Wildman–Crippen LogP) is 2.39. The number of hydrogen-bond acceptors (Lipinski definition) is 3. The van der Waals surface area contributed by atoms with Gasteiger partial charge in [-0.2, -0.15) is 5.10 Å². The lowest BCUT2D eigenvalue weighted by Gasteiger charge is -2.01. The number of benzene rings is 2. The van der Waals surface area contributed by atoms with E-state index in [1.807, 2.05) is 31.2 Å². The summed E-state index contributed by atoms with van der Waals surface area (Å²) >= 11 is 0.